The molecule has 170 valence electrons. The van der Waals surface area contributed by atoms with Crippen LogP contribution >= 0.6 is 0 Å². The van der Waals surface area contributed by atoms with Gasteiger partial charge in [0.2, 0.25) is 0 Å². The van der Waals surface area contributed by atoms with E-state index in [1.54, 1.807) is 0 Å². The lowest BCUT2D eigenvalue weighted by Crippen LogP contribution is -2.42. The fourth-order valence-electron chi connectivity index (χ4n) is 5.18. The van der Waals surface area contributed by atoms with Gasteiger partial charge < -0.3 is 10.6 Å². The van der Waals surface area contributed by atoms with Gasteiger partial charge in [-0.1, -0.05) is 44.2 Å². The highest BCUT2D eigenvalue weighted by molar-refractivity contribution is 6.01. The Labute approximate surface area is 196 Å². The minimum absolute atomic E-state index is 0.0975. The van der Waals surface area contributed by atoms with E-state index in [1.165, 1.54) is 0 Å². The van der Waals surface area contributed by atoms with Gasteiger partial charge in [0.05, 0.1) is 17.6 Å². The molecule has 0 unspecified atom stereocenters. The summed E-state index contributed by atoms with van der Waals surface area (Å²) in [5, 5.41) is 10.2. The SMILES string of the molecule is CCN(CC)c1ccc([C@@H]2C(C#N)=C(N)N(c3ccccc3)C3=C2C(=O)CC(C)(C)C3)cc1. The van der Waals surface area contributed by atoms with E-state index in [4.69, 9.17) is 5.73 Å². The van der Waals surface area contributed by atoms with Crippen LogP contribution in [0.2, 0.25) is 0 Å². The van der Waals surface area contributed by atoms with E-state index in [9.17, 15) is 10.1 Å². The van der Waals surface area contributed by atoms with Crippen molar-refractivity contribution in [1.82, 2.24) is 0 Å². The van der Waals surface area contributed by atoms with Gasteiger partial charge in [0.1, 0.15) is 5.82 Å². The molecule has 0 saturated carbocycles. The van der Waals surface area contributed by atoms with Gasteiger partial charge in [-0.15, -0.1) is 0 Å². The van der Waals surface area contributed by atoms with Gasteiger partial charge >= 0.3 is 0 Å². The molecule has 2 aliphatic rings. The van der Waals surface area contributed by atoms with E-state index >= 15 is 0 Å². The Morgan fingerprint density at radius 2 is 1.70 bits per heavy atom. The fourth-order valence-corrected chi connectivity index (χ4v) is 5.18. The molecule has 2 N–H and O–H groups in total. The van der Waals surface area contributed by atoms with Crippen LogP contribution < -0.4 is 15.5 Å². The van der Waals surface area contributed by atoms with Gasteiger partial charge in [-0.25, -0.2) is 0 Å². The molecule has 0 bridgehead atoms. The topological polar surface area (TPSA) is 73.4 Å². The van der Waals surface area contributed by atoms with Crippen molar-refractivity contribution in [2.75, 3.05) is 22.9 Å². The summed E-state index contributed by atoms with van der Waals surface area (Å²) in [5.74, 6) is 0.0605. The summed E-state index contributed by atoms with van der Waals surface area (Å²) in [6.45, 7) is 10.3. The highest BCUT2D eigenvalue weighted by atomic mass is 16.1. The average molecular weight is 441 g/mol. The second-order valence-corrected chi connectivity index (χ2v) is 9.58. The first kappa shape index (κ1) is 22.7. The first-order chi connectivity index (χ1) is 15.8. The van der Waals surface area contributed by atoms with E-state index in [2.05, 4.69) is 50.8 Å². The van der Waals surface area contributed by atoms with E-state index in [0.29, 0.717) is 23.4 Å². The second-order valence-electron chi connectivity index (χ2n) is 9.58. The van der Waals surface area contributed by atoms with Crippen LogP contribution in [0.4, 0.5) is 11.4 Å². The maximum atomic E-state index is 13.6. The third kappa shape index (κ3) is 4.02. The number of benzene rings is 2. The lowest BCUT2D eigenvalue weighted by atomic mass is 9.68. The van der Waals surface area contributed by atoms with Crippen molar-refractivity contribution in [3.63, 3.8) is 0 Å². The van der Waals surface area contributed by atoms with Gasteiger partial charge in [-0.2, -0.15) is 5.26 Å². The molecule has 2 aromatic rings. The van der Waals surface area contributed by atoms with Crippen LogP contribution in [0.3, 0.4) is 0 Å². The number of allylic oxidation sites excluding steroid dienone is 3. The van der Waals surface area contributed by atoms with Crippen LogP contribution in [0.5, 0.6) is 0 Å². The number of Topliss-reactive ketones (excluding diaryl/α,β-unsaturated/α-hetero) is 1. The molecular weight excluding hydrogens is 408 g/mol. The predicted molar refractivity (Wildman–Crippen MR) is 134 cm³/mol. The summed E-state index contributed by atoms with van der Waals surface area (Å²) in [4.78, 5) is 17.8. The van der Waals surface area contributed by atoms with Crippen LogP contribution in [-0.4, -0.2) is 18.9 Å². The average Bonchev–Trinajstić information content (AvgIpc) is 2.79. The zero-order chi connectivity index (χ0) is 23.8. The van der Waals surface area contributed by atoms with Crippen LogP contribution in [0.25, 0.3) is 0 Å². The molecule has 33 heavy (non-hydrogen) atoms. The molecule has 0 spiro atoms. The molecule has 1 aliphatic carbocycles. The number of carbonyl (C=O) groups is 1. The standard InChI is InChI=1S/C28H32N4O/c1-5-31(6-2)20-14-12-19(13-15-20)25-22(18-29)27(30)32(21-10-8-7-9-11-21)23-16-28(3,4)17-24(33)26(23)25/h7-15,25H,5-6,16-17,30H2,1-4H3/t25-/m1/s1. The number of nitriles is 1. The summed E-state index contributed by atoms with van der Waals surface area (Å²) in [6, 6.07) is 20.4. The van der Waals surface area contributed by atoms with Gasteiger partial charge in [0.15, 0.2) is 5.78 Å². The highest BCUT2D eigenvalue weighted by Crippen LogP contribution is 2.50. The van der Waals surface area contributed by atoms with Gasteiger partial charge in [0, 0.05) is 42.2 Å². The molecule has 1 heterocycles. The molecule has 5 heteroatoms. The third-order valence-corrected chi connectivity index (χ3v) is 6.75. The predicted octanol–water partition coefficient (Wildman–Crippen LogP) is 5.47. The van der Waals surface area contributed by atoms with Crippen LogP contribution in [-0.2, 0) is 4.79 Å². The maximum absolute atomic E-state index is 13.6. The number of rotatable bonds is 5. The first-order valence-corrected chi connectivity index (χ1v) is 11.7. The Balaban J connectivity index is 1.90. The van der Waals surface area contributed by atoms with Crippen molar-refractivity contribution in [3.8, 4) is 6.07 Å². The monoisotopic (exact) mass is 440 g/mol. The van der Waals surface area contributed by atoms with Crippen LogP contribution in [0.15, 0.2) is 77.3 Å². The Kier molecular flexibility index (Phi) is 6.03. The molecule has 0 fully saturated rings. The van der Waals surface area contributed by atoms with E-state index in [0.717, 1.165) is 42.1 Å². The second kappa shape index (κ2) is 8.78. The van der Waals surface area contributed by atoms with Crippen LogP contribution in [0.1, 0.15) is 52.0 Å². The molecular formula is C28H32N4O. The first-order valence-electron chi connectivity index (χ1n) is 11.7. The van der Waals surface area contributed by atoms with Crippen molar-refractivity contribution < 1.29 is 4.79 Å². The summed E-state index contributed by atoms with van der Waals surface area (Å²) in [5.41, 5.74) is 11.5. The summed E-state index contributed by atoms with van der Waals surface area (Å²) in [7, 11) is 0. The quantitative estimate of drug-likeness (QED) is 0.667. The molecule has 5 nitrogen and oxygen atoms in total. The summed E-state index contributed by atoms with van der Waals surface area (Å²) >= 11 is 0. The third-order valence-electron chi connectivity index (χ3n) is 6.75. The van der Waals surface area contributed by atoms with Crippen molar-refractivity contribution in [1.29, 1.82) is 5.26 Å². The molecule has 4 rings (SSSR count). The Morgan fingerprint density at radius 3 is 2.27 bits per heavy atom. The van der Waals surface area contributed by atoms with E-state index in [-0.39, 0.29) is 11.2 Å². The smallest absolute Gasteiger partial charge is 0.162 e. The number of ketones is 1. The molecule has 0 radical (unpaired) electrons. The molecule has 0 aromatic heterocycles. The van der Waals surface area contributed by atoms with Gasteiger partial charge in [-0.05, 0) is 55.5 Å². The number of nitrogens with zero attached hydrogens (tertiary/aromatic N) is 3. The Bertz CT molecular complexity index is 1150. The molecule has 1 aliphatic heterocycles. The van der Waals surface area contributed by atoms with Gasteiger partial charge in [-0.3, -0.25) is 9.69 Å². The van der Waals surface area contributed by atoms with E-state index < -0.39 is 5.92 Å². The number of hydrogen-bond acceptors (Lipinski definition) is 5. The number of carbonyl (C=O) groups excluding carboxylic acids is 1. The van der Waals surface area contributed by atoms with Crippen molar-refractivity contribution >= 4 is 17.2 Å². The van der Waals surface area contributed by atoms with Crippen molar-refractivity contribution in [2.45, 2.75) is 46.5 Å². The highest BCUT2D eigenvalue weighted by Gasteiger charge is 2.44. The minimum Gasteiger partial charge on any atom is -0.384 e. The molecule has 0 saturated heterocycles. The number of para-hydroxylation sites is 1. The maximum Gasteiger partial charge on any atom is 0.162 e. The number of hydrogen-bond donors (Lipinski definition) is 1. The largest absolute Gasteiger partial charge is 0.384 e. The van der Waals surface area contributed by atoms with Gasteiger partial charge in [0.25, 0.3) is 0 Å². The normalized spacial score (nSPS) is 19.9. The lowest BCUT2D eigenvalue weighted by molar-refractivity contribution is -0.118. The lowest BCUT2D eigenvalue weighted by Gasteiger charge is -2.43. The van der Waals surface area contributed by atoms with Crippen LogP contribution in [0, 0.1) is 16.7 Å². The zero-order valence-corrected chi connectivity index (χ0v) is 19.9. The number of anilines is 2. The number of nitrogens with two attached hydrogens (primary N) is 1. The van der Waals surface area contributed by atoms with Crippen molar-refractivity contribution in [3.05, 3.63) is 82.8 Å². The zero-order valence-electron chi connectivity index (χ0n) is 19.9. The fraction of sp³-hybridized carbons (Fsp3) is 0.357. The molecule has 0 amide bonds. The molecule has 1 atom stereocenters. The minimum atomic E-state index is -0.445. The summed E-state index contributed by atoms with van der Waals surface area (Å²) < 4.78 is 0. The van der Waals surface area contributed by atoms with Crippen molar-refractivity contribution in [2.24, 2.45) is 11.1 Å². The molecule has 2 aromatic carbocycles. The Hall–Kier alpha value is -3.52. The Morgan fingerprint density at radius 1 is 1.06 bits per heavy atom. The van der Waals surface area contributed by atoms with E-state index in [1.807, 2.05) is 47.4 Å². The summed E-state index contributed by atoms with van der Waals surface area (Å²) in [6.07, 6.45) is 1.18.